The number of hydrogen-bond donors (Lipinski definition) is 1. The highest BCUT2D eigenvalue weighted by atomic mass is 127. The molecule has 0 radical (unpaired) electrons. The van der Waals surface area contributed by atoms with Gasteiger partial charge in [0.15, 0.2) is 0 Å². The van der Waals surface area contributed by atoms with E-state index in [1.165, 1.54) is 35.1 Å². The van der Waals surface area contributed by atoms with Crippen molar-refractivity contribution in [1.29, 1.82) is 0 Å². The highest BCUT2D eigenvalue weighted by Gasteiger charge is 2.17. The maximum Gasteiger partial charge on any atom is 0.0233 e. The van der Waals surface area contributed by atoms with E-state index in [0.717, 1.165) is 12.6 Å². The maximum absolute atomic E-state index is 3.41. The van der Waals surface area contributed by atoms with E-state index in [1.54, 1.807) is 0 Å². The molecule has 1 aliphatic rings. The molecule has 0 aromatic heterocycles. The Morgan fingerprint density at radius 2 is 1.88 bits per heavy atom. The predicted molar refractivity (Wildman–Crippen MR) is 76.5 cm³/mol. The molecule has 0 amide bonds. The molecule has 1 aromatic carbocycles. The van der Waals surface area contributed by atoms with Crippen molar-refractivity contribution in [3.05, 3.63) is 33.4 Å². The third kappa shape index (κ3) is 3.43. The monoisotopic (exact) mass is 330 g/mol. The summed E-state index contributed by atoms with van der Waals surface area (Å²) >= 11 is 2.35. The summed E-state index contributed by atoms with van der Waals surface area (Å²) in [6, 6.07) is 9.59. The summed E-state index contributed by atoms with van der Waals surface area (Å²) in [6.07, 6.45) is 2.56. The first-order chi connectivity index (χ1) is 7.75. The molecule has 1 aliphatic heterocycles. The lowest BCUT2D eigenvalue weighted by atomic mass is 10.0. The second kappa shape index (κ2) is 5.98. The second-order valence-corrected chi connectivity index (χ2v) is 5.77. The van der Waals surface area contributed by atoms with Gasteiger partial charge in [-0.15, -0.1) is 0 Å². The van der Waals surface area contributed by atoms with Gasteiger partial charge in [0, 0.05) is 16.2 Å². The van der Waals surface area contributed by atoms with Crippen molar-refractivity contribution in [1.82, 2.24) is 10.2 Å². The number of hydrogen-bond acceptors (Lipinski definition) is 2. The Hall–Kier alpha value is -0.130. The summed E-state index contributed by atoms with van der Waals surface area (Å²) in [5.74, 6) is 0. The van der Waals surface area contributed by atoms with Crippen LogP contribution in [0.25, 0.3) is 0 Å². The van der Waals surface area contributed by atoms with Crippen LogP contribution in [0.2, 0.25) is 0 Å². The molecule has 16 heavy (non-hydrogen) atoms. The van der Waals surface area contributed by atoms with Gasteiger partial charge in [-0.1, -0.05) is 12.1 Å². The van der Waals surface area contributed by atoms with Crippen LogP contribution in [0.3, 0.4) is 0 Å². The lowest BCUT2D eigenvalue weighted by Gasteiger charge is -2.31. The first-order valence-corrected chi connectivity index (χ1v) is 6.99. The standard InChI is InChI=1S/C13H19IN2/c1-16(13-6-8-15-9-7-13)10-11-2-4-12(14)5-3-11/h2-5,13,15H,6-10H2,1H3. The Morgan fingerprint density at radius 3 is 2.50 bits per heavy atom. The molecule has 88 valence electrons. The van der Waals surface area contributed by atoms with Crippen LogP contribution in [0.1, 0.15) is 18.4 Å². The Balaban J connectivity index is 1.90. The smallest absolute Gasteiger partial charge is 0.0233 e. The van der Waals surface area contributed by atoms with Crippen LogP contribution in [0, 0.1) is 3.57 Å². The number of piperidine rings is 1. The van der Waals surface area contributed by atoms with Crippen molar-refractivity contribution >= 4 is 22.6 Å². The molecule has 0 spiro atoms. The van der Waals surface area contributed by atoms with Gasteiger partial charge in [-0.2, -0.15) is 0 Å². The molecule has 1 saturated heterocycles. The van der Waals surface area contributed by atoms with Gasteiger partial charge in [0.25, 0.3) is 0 Å². The van der Waals surface area contributed by atoms with Gasteiger partial charge in [0.1, 0.15) is 0 Å². The van der Waals surface area contributed by atoms with Crippen LogP contribution in [0.5, 0.6) is 0 Å². The van der Waals surface area contributed by atoms with E-state index in [1.807, 2.05) is 0 Å². The third-order valence-electron chi connectivity index (χ3n) is 3.28. The first-order valence-electron chi connectivity index (χ1n) is 5.91. The van der Waals surface area contributed by atoms with Crippen LogP contribution in [0.4, 0.5) is 0 Å². The van der Waals surface area contributed by atoms with Crippen LogP contribution < -0.4 is 5.32 Å². The summed E-state index contributed by atoms with van der Waals surface area (Å²) in [5.41, 5.74) is 1.42. The molecular weight excluding hydrogens is 311 g/mol. The van der Waals surface area contributed by atoms with Gasteiger partial charge in [0.2, 0.25) is 0 Å². The minimum Gasteiger partial charge on any atom is -0.317 e. The Bertz CT molecular complexity index is 317. The highest BCUT2D eigenvalue weighted by Crippen LogP contribution is 2.14. The lowest BCUT2D eigenvalue weighted by molar-refractivity contribution is 0.192. The van der Waals surface area contributed by atoms with Crippen molar-refractivity contribution in [2.24, 2.45) is 0 Å². The molecule has 2 rings (SSSR count). The number of rotatable bonds is 3. The molecule has 2 nitrogen and oxygen atoms in total. The SMILES string of the molecule is CN(Cc1ccc(I)cc1)C1CCNCC1. The molecule has 3 heteroatoms. The normalized spacial score (nSPS) is 17.9. The fraction of sp³-hybridized carbons (Fsp3) is 0.538. The van der Waals surface area contributed by atoms with Crippen molar-refractivity contribution < 1.29 is 0 Å². The zero-order chi connectivity index (χ0) is 11.4. The van der Waals surface area contributed by atoms with Gasteiger partial charge in [-0.05, 0) is 73.3 Å². The zero-order valence-corrected chi connectivity index (χ0v) is 11.9. The van der Waals surface area contributed by atoms with Crippen LogP contribution in [0.15, 0.2) is 24.3 Å². The molecule has 0 bridgehead atoms. The van der Waals surface area contributed by atoms with Crippen molar-refractivity contribution in [3.8, 4) is 0 Å². The van der Waals surface area contributed by atoms with E-state index in [0.29, 0.717) is 0 Å². The second-order valence-electron chi connectivity index (χ2n) is 4.52. The molecule has 1 N–H and O–H groups in total. The molecule has 1 heterocycles. The van der Waals surface area contributed by atoms with Crippen molar-refractivity contribution in [2.45, 2.75) is 25.4 Å². The summed E-state index contributed by atoms with van der Waals surface area (Å²) in [7, 11) is 2.24. The quantitative estimate of drug-likeness (QED) is 0.857. The molecule has 1 aromatic rings. The van der Waals surface area contributed by atoms with E-state index >= 15 is 0 Å². The highest BCUT2D eigenvalue weighted by molar-refractivity contribution is 14.1. The summed E-state index contributed by atoms with van der Waals surface area (Å²) < 4.78 is 1.31. The van der Waals surface area contributed by atoms with Gasteiger partial charge < -0.3 is 5.32 Å². The molecule has 1 fully saturated rings. The Labute approximate surface area is 112 Å². The van der Waals surface area contributed by atoms with Crippen LogP contribution in [-0.2, 0) is 6.54 Å². The van der Waals surface area contributed by atoms with E-state index in [9.17, 15) is 0 Å². The molecule has 0 atom stereocenters. The van der Waals surface area contributed by atoms with Gasteiger partial charge in [0.05, 0.1) is 0 Å². The molecule has 0 aliphatic carbocycles. The van der Waals surface area contributed by atoms with E-state index in [4.69, 9.17) is 0 Å². The summed E-state index contributed by atoms with van der Waals surface area (Å²) in [4.78, 5) is 2.49. The number of nitrogens with one attached hydrogen (secondary N) is 1. The first kappa shape index (κ1) is 12.3. The summed E-state index contributed by atoms with van der Waals surface area (Å²) in [6.45, 7) is 3.41. The van der Waals surface area contributed by atoms with E-state index in [-0.39, 0.29) is 0 Å². The topological polar surface area (TPSA) is 15.3 Å². The molecular formula is C13H19IN2. The number of halogens is 1. The average molecular weight is 330 g/mol. The van der Waals surface area contributed by atoms with E-state index < -0.39 is 0 Å². The Morgan fingerprint density at radius 1 is 1.25 bits per heavy atom. The number of nitrogens with zero attached hydrogens (tertiary/aromatic N) is 1. The van der Waals surface area contributed by atoms with Crippen LogP contribution in [-0.4, -0.2) is 31.1 Å². The fourth-order valence-corrected chi connectivity index (χ4v) is 2.61. The molecule has 0 unspecified atom stereocenters. The predicted octanol–water partition coefficient (Wildman–Crippen LogP) is 2.48. The van der Waals surface area contributed by atoms with Crippen molar-refractivity contribution in [2.75, 3.05) is 20.1 Å². The van der Waals surface area contributed by atoms with E-state index in [2.05, 4.69) is 64.1 Å². The molecule has 0 saturated carbocycles. The number of benzene rings is 1. The average Bonchev–Trinajstić information content (AvgIpc) is 2.33. The van der Waals surface area contributed by atoms with Gasteiger partial charge in [-0.3, -0.25) is 4.90 Å². The van der Waals surface area contributed by atoms with Crippen LogP contribution >= 0.6 is 22.6 Å². The van der Waals surface area contributed by atoms with Gasteiger partial charge in [-0.25, -0.2) is 0 Å². The largest absolute Gasteiger partial charge is 0.317 e. The van der Waals surface area contributed by atoms with Crippen molar-refractivity contribution in [3.63, 3.8) is 0 Å². The fourth-order valence-electron chi connectivity index (χ4n) is 2.25. The minimum atomic E-state index is 0.750. The minimum absolute atomic E-state index is 0.750. The maximum atomic E-state index is 3.41. The summed E-state index contributed by atoms with van der Waals surface area (Å²) in [5, 5.41) is 3.41. The Kier molecular flexibility index (Phi) is 4.61. The van der Waals surface area contributed by atoms with Gasteiger partial charge >= 0.3 is 0 Å². The zero-order valence-electron chi connectivity index (χ0n) is 9.75. The lowest BCUT2D eigenvalue weighted by Crippen LogP contribution is -2.40. The third-order valence-corrected chi connectivity index (χ3v) is 4.00.